The first kappa shape index (κ1) is 16.0. The molecule has 4 nitrogen and oxygen atoms in total. The Morgan fingerprint density at radius 3 is 2.33 bits per heavy atom. The molecule has 4 heteroatoms. The lowest BCUT2D eigenvalue weighted by molar-refractivity contribution is -0.136. The molecule has 2 amide bonds. The zero-order valence-electron chi connectivity index (χ0n) is 14.1. The van der Waals surface area contributed by atoms with E-state index in [0.29, 0.717) is 17.8 Å². The zero-order valence-corrected chi connectivity index (χ0v) is 14.1. The Morgan fingerprint density at radius 2 is 1.67 bits per heavy atom. The fourth-order valence-corrected chi connectivity index (χ4v) is 2.86. The largest absolute Gasteiger partial charge is 0.350 e. The van der Waals surface area contributed by atoms with Gasteiger partial charge >= 0.3 is 0 Å². The minimum Gasteiger partial charge on any atom is -0.350 e. The van der Waals surface area contributed by atoms with Crippen molar-refractivity contribution in [1.29, 1.82) is 0 Å². The number of anilines is 1. The fourth-order valence-electron chi connectivity index (χ4n) is 2.86. The van der Waals surface area contributed by atoms with Gasteiger partial charge in [-0.1, -0.05) is 42.5 Å². The monoisotopic (exact) mass is 320 g/mol. The number of rotatable bonds is 4. The highest BCUT2D eigenvalue weighted by Gasteiger charge is 2.38. The van der Waals surface area contributed by atoms with Crippen molar-refractivity contribution < 1.29 is 9.59 Å². The molecule has 0 bridgehead atoms. The average Bonchev–Trinajstić information content (AvgIpc) is 2.82. The number of hydrogen-bond acceptors (Lipinski definition) is 3. The molecule has 122 valence electrons. The minimum absolute atomic E-state index is 0.249. The van der Waals surface area contributed by atoms with Crippen molar-refractivity contribution in [2.75, 3.05) is 11.9 Å². The molecule has 0 unspecified atom stereocenters. The van der Waals surface area contributed by atoms with E-state index in [4.69, 9.17) is 0 Å². The van der Waals surface area contributed by atoms with Gasteiger partial charge in [0.2, 0.25) is 0 Å². The van der Waals surface area contributed by atoms with E-state index in [1.165, 1.54) is 4.90 Å². The highest BCUT2D eigenvalue weighted by Crippen LogP contribution is 2.31. The number of hydrogen-bond donors (Lipinski definition) is 1. The van der Waals surface area contributed by atoms with Gasteiger partial charge < -0.3 is 5.32 Å². The van der Waals surface area contributed by atoms with Gasteiger partial charge in [-0.15, -0.1) is 0 Å². The number of nitrogens with one attached hydrogen (secondary N) is 1. The molecule has 1 aliphatic heterocycles. The summed E-state index contributed by atoms with van der Waals surface area (Å²) in [6, 6.07) is 15.3. The van der Waals surface area contributed by atoms with Gasteiger partial charge in [-0.25, -0.2) is 0 Å². The number of carbonyl (C=O) groups is 2. The summed E-state index contributed by atoms with van der Waals surface area (Å²) in [5.41, 5.74) is 4.49. The standard InChI is InChI=1S/C20H20N2O2/c1-4-22-19(23)17(15-8-6-5-7-9-15)18(20(22)24)21-16-12-13(2)10-11-14(16)3/h5-12,21H,4H2,1-3H3. The third-order valence-corrected chi connectivity index (χ3v) is 4.20. The van der Waals surface area contributed by atoms with E-state index in [9.17, 15) is 9.59 Å². The maximum atomic E-state index is 12.7. The second-order valence-corrected chi connectivity index (χ2v) is 5.91. The van der Waals surface area contributed by atoms with Crippen LogP contribution in [0.5, 0.6) is 0 Å². The van der Waals surface area contributed by atoms with Crippen LogP contribution < -0.4 is 5.32 Å². The van der Waals surface area contributed by atoms with Crippen LogP contribution >= 0.6 is 0 Å². The van der Waals surface area contributed by atoms with Gasteiger partial charge in [-0.05, 0) is 43.5 Å². The second kappa shape index (κ2) is 6.32. The van der Waals surface area contributed by atoms with Crippen molar-refractivity contribution >= 4 is 23.1 Å². The summed E-state index contributed by atoms with van der Waals surface area (Å²) >= 11 is 0. The van der Waals surface area contributed by atoms with Gasteiger partial charge in [0.25, 0.3) is 11.8 Å². The first-order valence-electron chi connectivity index (χ1n) is 8.03. The molecule has 0 aliphatic carbocycles. The summed E-state index contributed by atoms with van der Waals surface area (Å²) in [4.78, 5) is 26.7. The maximum Gasteiger partial charge on any atom is 0.278 e. The lowest BCUT2D eigenvalue weighted by Gasteiger charge is -2.13. The summed E-state index contributed by atoms with van der Waals surface area (Å²) < 4.78 is 0. The van der Waals surface area contributed by atoms with Crippen LogP contribution in [0.15, 0.2) is 54.2 Å². The van der Waals surface area contributed by atoms with E-state index in [1.54, 1.807) is 6.92 Å². The van der Waals surface area contributed by atoms with E-state index >= 15 is 0 Å². The predicted molar refractivity (Wildman–Crippen MR) is 95.3 cm³/mol. The van der Waals surface area contributed by atoms with Crippen molar-refractivity contribution in [1.82, 2.24) is 4.90 Å². The van der Waals surface area contributed by atoms with Crippen LogP contribution in [0, 0.1) is 13.8 Å². The molecule has 0 fully saturated rings. The number of carbonyl (C=O) groups excluding carboxylic acids is 2. The quantitative estimate of drug-likeness (QED) is 0.877. The average molecular weight is 320 g/mol. The highest BCUT2D eigenvalue weighted by atomic mass is 16.2. The fraction of sp³-hybridized carbons (Fsp3) is 0.200. The van der Waals surface area contributed by atoms with E-state index in [2.05, 4.69) is 5.32 Å². The maximum absolute atomic E-state index is 12.7. The van der Waals surface area contributed by atoms with Gasteiger partial charge in [0.05, 0.1) is 5.57 Å². The third kappa shape index (κ3) is 2.71. The van der Waals surface area contributed by atoms with Crippen LogP contribution in [-0.4, -0.2) is 23.3 Å². The molecule has 2 aromatic carbocycles. The molecular formula is C20H20N2O2. The summed E-state index contributed by atoms with van der Waals surface area (Å²) in [6.07, 6.45) is 0. The van der Waals surface area contributed by atoms with Crippen molar-refractivity contribution in [2.24, 2.45) is 0 Å². The molecule has 3 rings (SSSR count). The van der Waals surface area contributed by atoms with Crippen LogP contribution in [0.1, 0.15) is 23.6 Å². The Hall–Kier alpha value is -2.88. The van der Waals surface area contributed by atoms with E-state index in [0.717, 1.165) is 22.4 Å². The summed E-state index contributed by atoms with van der Waals surface area (Å²) in [6.45, 7) is 6.13. The van der Waals surface area contributed by atoms with Crippen LogP contribution in [0.4, 0.5) is 5.69 Å². The van der Waals surface area contributed by atoms with Crippen LogP contribution in [0.25, 0.3) is 5.57 Å². The van der Waals surface area contributed by atoms with Crippen LogP contribution in [0.3, 0.4) is 0 Å². The topological polar surface area (TPSA) is 49.4 Å². The van der Waals surface area contributed by atoms with Crippen molar-refractivity contribution in [3.63, 3.8) is 0 Å². The highest BCUT2D eigenvalue weighted by molar-refractivity contribution is 6.36. The van der Waals surface area contributed by atoms with Gasteiger partial charge in [-0.3, -0.25) is 14.5 Å². The Balaban J connectivity index is 2.12. The normalized spacial score (nSPS) is 14.5. The Bertz CT molecular complexity index is 838. The Kier molecular flexibility index (Phi) is 4.21. The smallest absolute Gasteiger partial charge is 0.278 e. The number of nitrogens with zero attached hydrogens (tertiary/aromatic N) is 1. The van der Waals surface area contributed by atoms with Gasteiger partial charge in [0, 0.05) is 12.2 Å². The van der Waals surface area contributed by atoms with Crippen LogP contribution in [-0.2, 0) is 9.59 Å². The predicted octanol–water partition coefficient (Wildman–Crippen LogP) is 3.52. The minimum atomic E-state index is -0.276. The first-order valence-corrected chi connectivity index (χ1v) is 8.03. The Labute approximate surface area is 141 Å². The SMILES string of the molecule is CCN1C(=O)C(Nc2cc(C)ccc2C)=C(c2ccccc2)C1=O. The lowest BCUT2D eigenvalue weighted by Crippen LogP contribution is -2.32. The molecule has 0 saturated carbocycles. The number of aryl methyl sites for hydroxylation is 2. The van der Waals surface area contributed by atoms with Crippen molar-refractivity contribution in [3.05, 3.63) is 70.9 Å². The van der Waals surface area contributed by atoms with Crippen molar-refractivity contribution in [3.8, 4) is 0 Å². The van der Waals surface area contributed by atoms with E-state index in [1.807, 2.05) is 62.4 Å². The number of likely N-dealkylation sites (N-methyl/N-ethyl adjacent to an activating group) is 1. The second-order valence-electron chi connectivity index (χ2n) is 5.91. The van der Waals surface area contributed by atoms with Gasteiger partial charge in [-0.2, -0.15) is 0 Å². The number of imide groups is 1. The Morgan fingerprint density at radius 1 is 0.958 bits per heavy atom. The molecule has 0 atom stereocenters. The first-order chi connectivity index (χ1) is 11.5. The van der Waals surface area contributed by atoms with Crippen LogP contribution in [0.2, 0.25) is 0 Å². The number of amides is 2. The summed E-state index contributed by atoms with van der Waals surface area (Å²) in [5, 5.41) is 3.21. The third-order valence-electron chi connectivity index (χ3n) is 4.20. The van der Waals surface area contributed by atoms with Crippen molar-refractivity contribution in [2.45, 2.75) is 20.8 Å². The van der Waals surface area contributed by atoms with Gasteiger partial charge in [0.1, 0.15) is 5.70 Å². The summed E-state index contributed by atoms with van der Waals surface area (Å²) in [7, 11) is 0. The molecule has 0 saturated heterocycles. The molecule has 1 heterocycles. The zero-order chi connectivity index (χ0) is 17.3. The molecule has 0 aromatic heterocycles. The summed E-state index contributed by atoms with van der Waals surface area (Å²) in [5.74, 6) is -0.524. The lowest BCUT2D eigenvalue weighted by atomic mass is 10.0. The van der Waals surface area contributed by atoms with Gasteiger partial charge in [0.15, 0.2) is 0 Å². The molecule has 24 heavy (non-hydrogen) atoms. The molecular weight excluding hydrogens is 300 g/mol. The molecule has 1 aliphatic rings. The van der Waals surface area contributed by atoms with E-state index in [-0.39, 0.29) is 11.8 Å². The molecule has 0 radical (unpaired) electrons. The molecule has 1 N–H and O–H groups in total. The molecule has 2 aromatic rings. The van der Waals surface area contributed by atoms with E-state index < -0.39 is 0 Å². The number of benzene rings is 2. The molecule has 0 spiro atoms.